The van der Waals surface area contributed by atoms with Crippen molar-refractivity contribution in [2.24, 2.45) is 0 Å². The van der Waals surface area contributed by atoms with Gasteiger partial charge in [-0.2, -0.15) is 0 Å². The standard InChI is InChI=1S/C17H17N3/c1-14-7-9-15(10-8-14)13-20-12-11-18-17(20)19-16-5-3-2-4-6-16/h2-12H,13H2,1H3,(H,18,19). The number of nitrogens with one attached hydrogen (secondary N) is 1. The van der Waals surface area contributed by atoms with Gasteiger partial charge in [-0.05, 0) is 24.6 Å². The van der Waals surface area contributed by atoms with Crippen LogP contribution in [0.15, 0.2) is 67.0 Å². The van der Waals surface area contributed by atoms with Gasteiger partial charge < -0.3 is 9.88 Å². The number of aryl methyl sites for hydroxylation is 1. The Morgan fingerprint density at radius 1 is 1.00 bits per heavy atom. The maximum atomic E-state index is 4.38. The summed E-state index contributed by atoms with van der Waals surface area (Å²) in [4.78, 5) is 4.38. The van der Waals surface area contributed by atoms with Crippen LogP contribution >= 0.6 is 0 Å². The highest BCUT2D eigenvalue weighted by Gasteiger charge is 2.03. The summed E-state index contributed by atoms with van der Waals surface area (Å²) in [5.41, 5.74) is 3.59. The maximum Gasteiger partial charge on any atom is 0.207 e. The Hall–Kier alpha value is -2.55. The number of aromatic nitrogens is 2. The third kappa shape index (κ3) is 2.88. The third-order valence-corrected chi connectivity index (χ3v) is 3.22. The summed E-state index contributed by atoms with van der Waals surface area (Å²) in [6.07, 6.45) is 3.81. The second kappa shape index (κ2) is 5.61. The van der Waals surface area contributed by atoms with Gasteiger partial charge in [-0.1, -0.05) is 48.0 Å². The van der Waals surface area contributed by atoms with E-state index in [0.29, 0.717) is 0 Å². The van der Waals surface area contributed by atoms with Crippen LogP contribution in [0.2, 0.25) is 0 Å². The van der Waals surface area contributed by atoms with E-state index in [1.807, 2.05) is 42.7 Å². The van der Waals surface area contributed by atoms with E-state index >= 15 is 0 Å². The molecule has 3 nitrogen and oxygen atoms in total. The summed E-state index contributed by atoms with van der Waals surface area (Å²) in [6, 6.07) is 18.7. The summed E-state index contributed by atoms with van der Waals surface area (Å²) in [5, 5.41) is 3.34. The fraction of sp³-hybridized carbons (Fsp3) is 0.118. The summed E-state index contributed by atoms with van der Waals surface area (Å²) in [5.74, 6) is 0.858. The molecule has 2 aromatic carbocycles. The van der Waals surface area contributed by atoms with Gasteiger partial charge in [0.05, 0.1) is 6.54 Å². The van der Waals surface area contributed by atoms with E-state index in [-0.39, 0.29) is 0 Å². The van der Waals surface area contributed by atoms with E-state index in [2.05, 4.69) is 46.1 Å². The second-order valence-electron chi connectivity index (χ2n) is 4.86. The molecule has 0 bridgehead atoms. The first-order chi connectivity index (χ1) is 9.81. The smallest absolute Gasteiger partial charge is 0.207 e. The normalized spacial score (nSPS) is 10.4. The molecule has 3 rings (SSSR count). The van der Waals surface area contributed by atoms with Crippen molar-refractivity contribution in [2.45, 2.75) is 13.5 Å². The van der Waals surface area contributed by atoms with Crippen LogP contribution in [0.4, 0.5) is 11.6 Å². The Labute approximate surface area is 118 Å². The quantitative estimate of drug-likeness (QED) is 0.771. The highest BCUT2D eigenvalue weighted by Crippen LogP contribution is 2.16. The van der Waals surface area contributed by atoms with Crippen LogP contribution in [-0.4, -0.2) is 9.55 Å². The highest BCUT2D eigenvalue weighted by atomic mass is 15.2. The van der Waals surface area contributed by atoms with Gasteiger partial charge in [-0.3, -0.25) is 0 Å². The minimum atomic E-state index is 0.815. The van der Waals surface area contributed by atoms with Crippen molar-refractivity contribution < 1.29 is 0 Å². The Kier molecular flexibility index (Phi) is 3.50. The van der Waals surface area contributed by atoms with Crippen molar-refractivity contribution in [1.29, 1.82) is 0 Å². The molecule has 100 valence electrons. The molecule has 3 aromatic rings. The second-order valence-corrected chi connectivity index (χ2v) is 4.86. The molecule has 1 aromatic heterocycles. The average Bonchev–Trinajstić information content (AvgIpc) is 2.90. The maximum absolute atomic E-state index is 4.38. The molecule has 0 atom stereocenters. The van der Waals surface area contributed by atoms with Crippen molar-refractivity contribution in [3.63, 3.8) is 0 Å². The molecule has 0 spiro atoms. The lowest BCUT2D eigenvalue weighted by atomic mass is 10.1. The molecular weight excluding hydrogens is 246 g/mol. The van der Waals surface area contributed by atoms with Gasteiger partial charge in [0.1, 0.15) is 0 Å². The van der Waals surface area contributed by atoms with Crippen molar-refractivity contribution >= 4 is 11.6 Å². The van der Waals surface area contributed by atoms with Crippen molar-refractivity contribution in [2.75, 3.05) is 5.32 Å². The van der Waals surface area contributed by atoms with Crippen molar-refractivity contribution in [1.82, 2.24) is 9.55 Å². The number of hydrogen-bond acceptors (Lipinski definition) is 2. The SMILES string of the molecule is Cc1ccc(Cn2ccnc2Nc2ccccc2)cc1. The molecule has 0 amide bonds. The van der Waals surface area contributed by atoms with E-state index in [9.17, 15) is 0 Å². The number of rotatable bonds is 4. The number of anilines is 2. The van der Waals surface area contributed by atoms with Crippen LogP contribution in [0, 0.1) is 6.92 Å². The van der Waals surface area contributed by atoms with Crippen LogP contribution in [0.5, 0.6) is 0 Å². The van der Waals surface area contributed by atoms with Crippen LogP contribution in [0.1, 0.15) is 11.1 Å². The topological polar surface area (TPSA) is 29.9 Å². The first kappa shape index (κ1) is 12.5. The molecule has 1 N–H and O–H groups in total. The number of para-hydroxylation sites is 1. The summed E-state index contributed by atoms with van der Waals surface area (Å²) in [7, 11) is 0. The zero-order valence-electron chi connectivity index (χ0n) is 11.5. The van der Waals surface area contributed by atoms with Crippen LogP contribution in [0.25, 0.3) is 0 Å². The summed E-state index contributed by atoms with van der Waals surface area (Å²) in [6.45, 7) is 2.92. The third-order valence-electron chi connectivity index (χ3n) is 3.22. The Balaban J connectivity index is 1.78. The molecule has 3 heteroatoms. The summed E-state index contributed by atoms with van der Waals surface area (Å²) >= 11 is 0. The van der Waals surface area contributed by atoms with Crippen LogP contribution in [-0.2, 0) is 6.54 Å². The lowest BCUT2D eigenvalue weighted by Crippen LogP contribution is -2.04. The van der Waals surface area contributed by atoms with Crippen LogP contribution < -0.4 is 5.32 Å². The van der Waals surface area contributed by atoms with Gasteiger partial charge in [0, 0.05) is 18.1 Å². The lowest BCUT2D eigenvalue weighted by Gasteiger charge is -2.10. The molecule has 0 saturated carbocycles. The van der Waals surface area contributed by atoms with Crippen molar-refractivity contribution in [3.8, 4) is 0 Å². The van der Waals surface area contributed by atoms with E-state index in [4.69, 9.17) is 0 Å². The van der Waals surface area contributed by atoms with Gasteiger partial charge in [-0.25, -0.2) is 4.98 Å². The molecule has 0 unspecified atom stereocenters. The Bertz CT molecular complexity index is 669. The Morgan fingerprint density at radius 2 is 1.75 bits per heavy atom. The fourth-order valence-corrected chi connectivity index (χ4v) is 2.10. The first-order valence-electron chi connectivity index (χ1n) is 6.70. The minimum Gasteiger partial charge on any atom is -0.326 e. The lowest BCUT2D eigenvalue weighted by molar-refractivity contribution is 0.807. The Morgan fingerprint density at radius 3 is 2.50 bits per heavy atom. The predicted molar refractivity (Wildman–Crippen MR) is 82.2 cm³/mol. The van der Waals surface area contributed by atoms with Crippen molar-refractivity contribution in [3.05, 3.63) is 78.1 Å². The van der Waals surface area contributed by atoms with E-state index in [1.54, 1.807) is 0 Å². The van der Waals surface area contributed by atoms with Gasteiger partial charge >= 0.3 is 0 Å². The molecule has 0 saturated heterocycles. The van der Waals surface area contributed by atoms with Gasteiger partial charge in [0.25, 0.3) is 0 Å². The zero-order chi connectivity index (χ0) is 13.8. The van der Waals surface area contributed by atoms with Crippen LogP contribution in [0.3, 0.4) is 0 Å². The average molecular weight is 263 g/mol. The number of imidazole rings is 1. The fourth-order valence-electron chi connectivity index (χ4n) is 2.10. The molecular formula is C17H17N3. The molecule has 0 aliphatic heterocycles. The zero-order valence-corrected chi connectivity index (χ0v) is 11.5. The minimum absolute atomic E-state index is 0.815. The molecule has 20 heavy (non-hydrogen) atoms. The molecule has 0 fully saturated rings. The summed E-state index contributed by atoms with van der Waals surface area (Å²) < 4.78 is 2.11. The highest BCUT2D eigenvalue weighted by molar-refractivity contribution is 5.53. The van der Waals surface area contributed by atoms with E-state index < -0.39 is 0 Å². The molecule has 1 heterocycles. The van der Waals surface area contributed by atoms with Gasteiger partial charge in [0.15, 0.2) is 0 Å². The number of nitrogens with zero attached hydrogens (tertiary/aromatic N) is 2. The van der Waals surface area contributed by atoms with E-state index in [1.165, 1.54) is 11.1 Å². The first-order valence-corrected chi connectivity index (χ1v) is 6.70. The number of benzene rings is 2. The van der Waals surface area contributed by atoms with E-state index in [0.717, 1.165) is 18.2 Å². The largest absolute Gasteiger partial charge is 0.326 e. The molecule has 0 radical (unpaired) electrons. The monoisotopic (exact) mass is 263 g/mol. The van der Waals surface area contributed by atoms with Gasteiger partial charge in [0.2, 0.25) is 5.95 Å². The van der Waals surface area contributed by atoms with Gasteiger partial charge in [-0.15, -0.1) is 0 Å². The molecule has 0 aliphatic carbocycles. The predicted octanol–water partition coefficient (Wildman–Crippen LogP) is 3.98. The molecule has 0 aliphatic rings. The number of hydrogen-bond donors (Lipinski definition) is 1.